The number of aryl methyl sites for hydroxylation is 1. The molecule has 1 N–H and O–H groups in total. The Balaban J connectivity index is 1.61. The van der Waals surface area contributed by atoms with Gasteiger partial charge in [-0.25, -0.2) is 4.98 Å². The van der Waals surface area contributed by atoms with Gasteiger partial charge in [-0.15, -0.1) is 0 Å². The molecule has 0 aliphatic carbocycles. The fourth-order valence-corrected chi connectivity index (χ4v) is 3.00. The second-order valence-corrected chi connectivity index (χ2v) is 6.39. The lowest BCUT2D eigenvalue weighted by molar-refractivity contribution is 0.937. The lowest BCUT2D eigenvalue weighted by Gasteiger charge is -2.16. The van der Waals surface area contributed by atoms with Gasteiger partial charge in [-0.3, -0.25) is 0 Å². The van der Waals surface area contributed by atoms with Gasteiger partial charge < -0.3 is 10.2 Å². The minimum Gasteiger partial charge on any atom is -0.380 e. The van der Waals surface area contributed by atoms with Crippen molar-refractivity contribution in [3.05, 3.63) is 52.1 Å². The molecule has 0 atom stereocenters. The summed E-state index contributed by atoms with van der Waals surface area (Å²) in [6.07, 6.45) is 4.49. The van der Waals surface area contributed by atoms with Crippen LogP contribution in [0.15, 0.2) is 41.0 Å². The molecule has 1 aromatic heterocycles. The fraction of sp³-hybridized carbons (Fsp3) is 0.353. The van der Waals surface area contributed by atoms with Crippen molar-refractivity contribution in [1.82, 2.24) is 4.98 Å². The van der Waals surface area contributed by atoms with Crippen molar-refractivity contribution in [2.24, 2.45) is 0 Å². The molecule has 4 heteroatoms. The van der Waals surface area contributed by atoms with Crippen LogP contribution in [0.2, 0.25) is 0 Å². The first-order valence-electron chi connectivity index (χ1n) is 7.42. The highest BCUT2D eigenvalue weighted by Gasteiger charge is 2.12. The summed E-state index contributed by atoms with van der Waals surface area (Å²) in [6.45, 7) is 5.18. The third-order valence-corrected chi connectivity index (χ3v) is 4.77. The molecule has 1 aliphatic rings. The van der Waals surface area contributed by atoms with Crippen molar-refractivity contribution in [1.29, 1.82) is 0 Å². The second-order valence-electron chi connectivity index (χ2n) is 5.54. The molecule has 0 unspecified atom stereocenters. The maximum absolute atomic E-state index is 4.56. The summed E-state index contributed by atoms with van der Waals surface area (Å²) in [7, 11) is 0. The molecule has 2 aromatic rings. The van der Waals surface area contributed by atoms with Crippen molar-refractivity contribution < 1.29 is 0 Å². The maximum Gasteiger partial charge on any atom is 0.128 e. The first kappa shape index (κ1) is 14.4. The quantitative estimate of drug-likeness (QED) is 0.891. The van der Waals surface area contributed by atoms with E-state index in [2.05, 4.69) is 68.4 Å². The lowest BCUT2D eigenvalue weighted by Crippen LogP contribution is -2.18. The van der Waals surface area contributed by atoms with Gasteiger partial charge in [0.25, 0.3) is 0 Å². The van der Waals surface area contributed by atoms with Crippen LogP contribution in [0, 0.1) is 6.92 Å². The van der Waals surface area contributed by atoms with Crippen molar-refractivity contribution in [2.75, 3.05) is 23.3 Å². The first-order chi connectivity index (χ1) is 10.2. The summed E-state index contributed by atoms with van der Waals surface area (Å²) >= 11 is 3.57. The maximum atomic E-state index is 4.56. The highest BCUT2D eigenvalue weighted by atomic mass is 79.9. The van der Waals surface area contributed by atoms with Crippen molar-refractivity contribution in [3.63, 3.8) is 0 Å². The van der Waals surface area contributed by atoms with Gasteiger partial charge in [0, 0.05) is 24.1 Å². The summed E-state index contributed by atoms with van der Waals surface area (Å²) in [4.78, 5) is 6.91. The molecule has 1 aliphatic heterocycles. The number of rotatable bonds is 4. The molecule has 3 rings (SSSR count). The first-order valence-corrected chi connectivity index (χ1v) is 8.21. The number of benzene rings is 1. The number of halogens is 1. The molecular weight excluding hydrogens is 326 g/mol. The zero-order valence-electron chi connectivity index (χ0n) is 12.3. The fourth-order valence-electron chi connectivity index (χ4n) is 2.57. The van der Waals surface area contributed by atoms with E-state index in [0.29, 0.717) is 0 Å². The number of nitrogens with one attached hydrogen (secondary N) is 1. The smallest absolute Gasteiger partial charge is 0.128 e. The normalized spacial score (nSPS) is 14.5. The highest BCUT2D eigenvalue weighted by molar-refractivity contribution is 9.10. The van der Waals surface area contributed by atoms with Gasteiger partial charge in [-0.2, -0.15) is 0 Å². The predicted molar refractivity (Wildman–Crippen MR) is 91.9 cm³/mol. The van der Waals surface area contributed by atoms with Crippen LogP contribution in [0.1, 0.15) is 24.0 Å². The number of aromatic nitrogens is 1. The van der Waals surface area contributed by atoms with Crippen LogP contribution < -0.4 is 10.2 Å². The van der Waals surface area contributed by atoms with E-state index in [0.717, 1.165) is 35.6 Å². The van der Waals surface area contributed by atoms with E-state index in [1.165, 1.54) is 24.0 Å². The summed E-state index contributed by atoms with van der Waals surface area (Å²) < 4.78 is 1.16. The lowest BCUT2D eigenvalue weighted by atomic mass is 10.1. The Morgan fingerprint density at radius 3 is 2.67 bits per heavy atom. The molecule has 21 heavy (non-hydrogen) atoms. The summed E-state index contributed by atoms with van der Waals surface area (Å²) in [5.41, 5.74) is 3.58. The number of anilines is 2. The van der Waals surface area contributed by atoms with Crippen LogP contribution in [-0.2, 0) is 6.54 Å². The van der Waals surface area contributed by atoms with Crippen LogP contribution >= 0.6 is 15.9 Å². The molecule has 0 radical (unpaired) electrons. The topological polar surface area (TPSA) is 28.2 Å². The summed E-state index contributed by atoms with van der Waals surface area (Å²) in [6, 6.07) is 10.7. The van der Waals surface area contributed by atoms with Crippen molar-refractivity contribution in [3.8, 4) is 0 Å². The van der Waals surface area contributed by atoms with Crippen molar-refractivity contribution in [2.45, 2.75) is 26.3 Å². The molecule has 2 heterocycles. The Morgan fingerprint density at radius 1 is 1.19 bits per heavy atom. The van der Waals surface area contributed by atoms with Crippen LogP contribution in [0.25, 0.3) is 0 Å². The van der Waals surface area contributed by atoms with E-state index in [1.54, 1.807) is 0 Å². The van der Waals surface area contributed by atoms with Crippen molar-refractivity contribution >= 4 is 27.4 Å². The van der Waals surface area contributed by atoms with E-state index in [9.17, 15) is 0 Å². The number of pyridine rings is 1. The molecule has 0 saturated carbocycles. The predicted octanol–water partition coefficient (Wildman–Crippen LogP) is 4.36. The van der Waals surface area contributed by atoms with Gasteiger partial charge in [0.15, 0.2) is 0 Å². The van der Waals surface area contributed by atoms with E-state index in [4.69, 9.17) is 0 Å². The molecule has 1 aromatic carbocycles. The largest absolute Gasteiger partial charge is 0.380 e. The molecular formula is C17H20BrN3. The SMILES string of the molecule is Cc1ccc(CNc2ccc(N3CCCC3)nc2)cc1Br. The Hall–Kier alpha value is -1.55. The number of hydrogen-bond acceptors (Lipinski definition) is 3. The Kier molecular flexibility index (Phi) is 4.44. The third-order valence-electron chi connectivity index (χ3n) is 3.91. The summed E-state index contributed by atoms with van der Waals surface area (Å²) in [5, 5.41) is 3.42. The van der Waals surface area contributed by atoms with Gasteiger partial charge in [0.05, 0.1) is 11.9 Å². The van der Waals surface area contributed by atoms with Gasteiger partial charge >= 0.3 is 0 Å². The monoisotopic (exact) mass is 345 g/mol. The highest BCUT2D eigenvalue weighted by Crippen LogP contribution is 2.20. The standard InChI is InChI=1S/C17H20BrN3/c1-13-4-5-14(10-16(13)18)11-19-15-6-7-17(20-12-15)21-8-2-3-9-21/h4-7,10,12,19H,2-3,8-9,11H2,1H3. The zero-order valence-corrected chi connectivity index (χ0v) is 13.9. The second kappa shape index (κ2) is 6.48. The molecule has 0 amide bonds. The van der Waals surface area contributed by atoms with Crippen LogP contribution in [0.5, 0.6) is 0 Å². The Bertz CT molecular complexity index is 604. The van der Waals surface area contributed by atoms with Gasteiger partial charge in [0.2, 0.25) is 0 Å². The molecule has 3 nitrogen and oxygen atoms in total. The van der Waals surface area contributed by atoms with Gasteiger partial charge in [-0.1, -0.05) is 28.1 Å². The van der Waals surface area contributed by atoms with Gasteiger partial charge in [-0.05, 0) is 49.1 Å². The van der Waals surface area contributed by atoms with E-state index in [-0.39, 0.29) is 0 Å². The molecule has 110 valence electrons. The van der Waals surface area contributed by atoms with Crippen LogP contribution in [0.4, 0.5) is 11.5 Å². The van der Waals surface area contributed by atoms with E-state index in [1.807, 2.05) is 6.20 Å². The summed E-state index contributed by atoms with van der Waals surface area (Å²) in [5.74, 6) is 1.09. The van der Waals surface area contributed by atoms with Crippen LogP contribution in [-0.4, -0.2) is 18.1 Å². The minimum atomic E-state index is 0.809. The Labute approximate surface area is 134 Å². The van der Waals surface area contributed by atoms with Crippen LogP contribution in [0.3, 0.4) is 0 Å². The average Bonchev–Trinajstić information content (AvgIpc) is 3.03. The van der Waals surface area contributed by atoms with E-state index < -0.39 is 0 Å². The molecule has 1 fully saturated rings. The van der Waals surface area contributed by atoms with Gasteiger partial charge in [0.1, 0.15) is 5.82 Å². The van der Waals surface area contributed by atoms with E-state index >= 15 is 0 Å². The average molecular weight is 346 g/mol. The minimum absolute atomic E-state index is 0.809. The zero-order chi connectivity index (χ0) is 14.7. The number of nitrogens with zero attached hydrogens (tertiary/aromatic N) is 2. The molecule has 0 bridgehead atoms. The number of hydrogen-bond donors (Lipinski definition) is 1. The molecule has 1 saturated heterocycles. The third kappa shape index (κ3) is 3.56. The molecule has 0 spiro atoms. The Morgan fingerprint density at radius 2 is 2.00 bits per heavy atom.